The highest BCUT2D eigenvalue weighted by atomic mass is 16.6. The predicted molar refractivity (Wildman–Crippen MR) is 83.5 cm³/mol. The van der Waals surface area contributed by atoms with Crippen LogP contribution in [0.3, 0.4) is 0 Å². The maximum atomic E-state index is 11.7. The van der Waals surface area contributed by atoms with Gasteiger partial charge in [0.1, 0.15) is 12.1 Å². The first-order chi connectivity index (χ1) is 11.1. The number of rotatable bonds is 6. The monoisotopic (exact) mass is 317 g/mol. The number of aromatic nitrogens is 1. The van der Waals surface area contributed by atoms with Gasteiger partial charge >= 0.3 is 5.97 Å². The molecule has 0 amide bonds. The van der Waals surface area contributed by atoms with E-state index in [1.807, 2.05) is 0 Å². The quantitative estimate of drug-likeness (QED) is 0.267. The van der Waals surface area contributed by atoms with Crippen molar-refractivity contribution in [1.29, 1.82) is 0 Å². The lowest BCUT2D eigenvalue weighted by molar-refractivity contribution is -0.383. The van der Waals surface area contributed by atoms with Gasteiger partial charge in [-0.2, -0.15) is 0 Å². The third kappa shape index (κ3) is 3.60. The molecular formula is C15H15N3O5. The fourth-order valence-corrected chi connectivity index (χ4v) is 1.93. The van der Waals surface area contributed by atoms with Crippen LogP contribution in [0.5, 0.6) is 5.75 Å². The van der Waals surface area contributed by atoms with Gasteiger partial charge in [0.15, 0.2) is 5.75 Å². The van der Waals surface area contributed by atoms with Crippen molar-refractivity contribution in [2.24, 2.45) is 5.16 Å². The van der Waals surface area contributed by atoms with Crippen LogP contribution in [-0.2, 0) is 9.63 Å². The second kappa shape index (κ2) is 7.30. The predicted octanol–water partition coefficient (Wildman–Crippen LogP) is 2.83. The van der Waals surface area contributed by atoms with Gasteiger partial charge in [0.05, 0.1) is 16.5 Å². The molecule has 1 aromatic heterocycles. The highest BCUT2D eigenvalue weighted by molar-refractivity contribution is 6.01. The fourth-order valence-electron chi connectivity index (χ4n) is 1.93. The van der Waals surface area contributed by atoms with E-state index in [2.05, 4.69) is 10.1 Å². The Labute approximate surface area is 131 Å². The van der Waals surface area contributed by atoms with Crippen molar-refractivity contribution in [2.45, 2.75) is 20.3 Å². The first kappa shape index (κ1) is 16.3. The number of oxime groups is 1. The lowest BCUT2D eigenvalue weighted by Crippen LogP contribution is -2.09. The molecule has 2 rings (SSSR count). The van der Waals surface area contributed by atoms with E-state index in [4.69, 9.17) is 9.57 Å². The third-order valence-electron chi connectivity index (χ3n) is 2.95. The van der Waals surface area contributed by atoms with Crippen molar-refractivity contribution < 1.29 is 19.3 Å². The van der Waals surface area contributed by atoms with Crippen molar-refractivity contribution in [3.63, 3.8) is 0 Å². The smallest absolute Gasteiger partial charge is 0.310 e. The molecule has 0 atom stereocenters. The van der Waals surface area contributed by atoms with E-state index in [0.29, 0.717) is 6.61 Å². The van der Waals surface area contributed by atoms with E-state index in [0.717, 1.165) is 0 Å². The van der Waals surface area contributed by atoms with Gasteiger partial charge in [-0.05, 0) is 19.1 Å². The summed E-state index contributed by atoms with van der Waals surface area (Å²) in [7, 11) is 0. The third-order valence-corrected chi connectivity index (χ3v) is 2.95. The van der Waals surface area contributed by atoms with Crippen molar-refractivity contribution >= 4 is 28.8 Å². The molecule has 0 spiro atoms. The number of carbonyl (C=O) groups is 1. The van der Waals surface area contributed by atoms with Gasteiger partial charge in [0, 0.05) is 24.2 Å². The van der Waals surface area contributed by atoms with E-state index in [1.165, 1.54) is 18.5 Å². The number of carbonyl (C=O) groups excluding carboxylic acids is 1. The van der Waals surface area contributed by atoms with Crippen LogP contribution in [0.25, 0.3) is 10.9 Å². The molecule has 2 aromatic rings. The van der Waals surface area contributed by atoms with E-state index >= 15 is 0 Å². The SMILES string of the molecule is CCO/N=C/c1cc([N+](=O)[O-])c2cccnc2c1OC(=O)CC. The Morgan fingerprint density at radius 2 is 2.26 bits per heavy atom. The van der Waals surface area contributed by atoms with Crippen LogP contribution in [0.1, 0.15) is 25.8 Å². The number of nitro benzene ring substituents is 1. The second-order valence-corrected chi connectivity index (χ2v) is 4.45. The maximum Gasteiger partial charge on any atom is 0.310 e. The Kier molecular flexibility index (Phi) is 5.19. The molecule has 120 valence electrons. The standard InChI is InChI=1S/C15H15N3O5/c1-3-13(19)23-15-10(9-17-22-4-2)8-12(18(20)21)11-6-5-7-16-14(11)15/h5-9H,3-4H2,1-2H3/b17-9+. The molecule has 1 heterocycles. The number of hydrogen-bond donors (Lipinski definition) is 0. The van der Waals surface area contributed by atoms with Crippen molar-refractivity contribution in [1.82, 2.24) is 4.98 Å². The van der Waals surface area contributed by atoms with Crippen LogP contribution in [0.2, 0.25) is 0 Å². The van der Waals surface area contributed by atoms with Crippen molar-refractivity contribution in [2.75, 3.05) is 6.61 Å². The zero-order chi connectivity index (χ0) is 16.8. The van der Waals surface area contributed by atoms with Crippen LogP contribution < -0.4 is 4.74 Å². The molecule has 0 N–H and O–H groups in total. The number of non-ortho nitro benzene ring substituents is 1. The summed E-state index contributed by atoms with van der Waals surface area (Å²) >= 11 is 0. The van der Waals surface area contributed by atoms with Crippen molar-refractivity contribution in [3.05, 3.63) is 40.1 Å². The summed E-state index contributed by atoms with van der Waals surface area (Å²) in [4.78, 5) is 31.4. The summed E-state index contributed by atoms with van der Waals surface area (Å²) in [6.07, 6.45) is 2.90. The summed E-state index contributed by atoms with van der Waals surface area (Å²) in [5, 5.41) is 15.3. The molecule has 8 nitrogen and oxygen atoms in total. The topological polar surface area (TPSA) is 104 Å². The molecule has 0 radical (unpaired) electrons. The number of nitrogens with zero attached hydrogens (tertiary/aromatic N) is 3. The van der Waals surface area contributed by atoms with Gasteiger partial charge in [-0.25, -0.2) is 0 Å². The number of fused-ring (bicyclic) bond motifs is 1. The fraction of sp³-hybridized carbons (Fsp3) is 0.267. The second-order valence-electron chi connectivity index (χ2n) is 4.45. The molecule has 0 saturated heterocycles. The van der Waals surface area contributed by atoms with Gasteiger partial charge in [0.25, 0.3) is 5.69 Å². The van der Waals surface area contributed by atoms with Crippen LogP contribution >= 0.6 is 0 Å². The van der Waals surface area contributed by atoms with Gasteiger partial charge in [-0.15, -0.1) is 0 Å². The van der Waals surface area contributed by atoms with E-state index in [-0.39, 0.29) is 34.3 Å². The lowest BCUT2D eigenvalue weighted by Gasteiger charge is -2.10. The number of hydrogen-bond acceptors (Lipinski definition) is 7. The van der Waals surface area contributed by atoms with Crippen LogP contribution in [0.4, 0.5) is 5.69 Å². The summed E-state index contributed by atoms with van der Waals surface area (Å²) < 4.78 is 5.30. The zero-order valence-electron chi connectivity index (χ0n) is 12.7. The Bertz CT molecular complexity index is 773. The molecule has 8 heteroatoms. The molecule has 0 fully saturated rings. The Morgan fingerprint density at radius 3 is 2.91 bits per heavy atom. The minimum atomic E-state index is -0.520. The van der Waals surface area contributed by atoms with Gasteiger partial charge in [-0.3, -0.25) is 19.9 Å². The molecule has 0 aliphatic carbocycles. The van der Waals surface area contributed by atoms with Gasteiger partial charge in [0.2, 0.25) is 0 Å². The van der Waals surface area contributed by atoms with Crippen LogP contribution in [0.15, 0.2) is 29.6 Å². The summed E-state index contributed by atoms with van der Waals surface area (Å²) in [6.45, 7) is 3.74. The lowest BCUT2D eigenvalue weighted by atomic mass is 10.1. The molecule has 0 bridgehead atoms. The number of benzene rings is 1. The van der Waals surface area contributed by atoms with Crippen LogP contribution in [-0.4, -0.2) is 28.7 Å². The first-order valence-corrected chi connectivity index (χ1v) is 7.00. The summed E-state index contributed by atoms with van der Waals surface area (Å²) in [5.41, 5.74) is 0.321. The van der Waals surface area contributed by atoms with Crippen LogP contribution in [0, 0.1) is 10.1 Å². The largest absolute Gasteiger partial charge is 0.423 e. The average molecular weight is 317 g/mol. The Morgan fingerprint density at radius 1 is 1.48 bits per heavy atom. The molecule has 1 aromatic carbocycles. The molecule has 0 aliphatic rings. The highest BCUT2D eigenvalue weighted by Gasteiger charge is 2.21. The van der Waals surface area contributed by atoms with E-state index < -0.39 is 10.9 Å². The Balaban J connectivity index is 2.70. The molecule has 0 unspecified atom stereocenters. The van der Waals surface area contributed by atoms with Gasteiger partial charge < -0.3 is 9.57 Å². The zero-order valence-corrected chi connectivity index (χ0v) is 12.7. The summed E-state index contributed by atoms with van der Waals surface area (Å²) in [5.74, 6) is -0.349. The highest BCUT2D eigenvalue weighted by Crippen LogP contribution is 2.34. The minimum Gasteiger partial charge on any atom is -0.423 e. The molecule has 0 aliphatic heterocycles. The normalized spacial score (nSPS) is 10.9. The average Bonchev–Trinajstić information content (AvgIpc) is 2.56. The minimum absolute atomic E-state index is 0.126. The van der Waals surface area contributed by atoms with Crippen molar-refractivity contribution in [3.8, 4) is 5.75 Å². The van der Waals surface area contributed by atoms with E-state index in [9.17, 15) is 14.9 Å². The first-order valence-electron chi connectivity index (χ1n) is 7.00. The number of esters is 1. The molecule has 23 heavy (non-hydrogen) atoms. The maximum absolute atomic E-state index is 11.7. The van der Waals surface area contributed by atoms with Gasteiger partial charge in [-0.1, -0.05) is 12.1 Å². The number of pyridine rings is 1. The Hall–Kier alpha value is -3.03. The summed E-state index contributed by atoms with van der Waals surface area (Å²) in [6, 6.07) is 4.41. The molecule has 0 saturated carbocycles. The molecular weight excluding hydrogens is 302 g/mol. The number of nitro groups is 1. The van der Waals surface area contributed by atoms with E-state index in [1.54, 1.807) is 26.0 Å². The number of ether oxygens (including phenoxy) is 1.